The molecule has 0 aromatic rings. The molecule has 3 nitrogen and oxygen atoms in total. The normalized spacial score (nSPS) is 19.5. The molecule has 1 rings (SSSR count). The topological polar surface area (TPSA) is 35.5 Å². The molecule has 0 unspecified atom stereocenters. The van der Waals surface area contributed by atoms with Gasteiger partial charge in [0.15, 0.2) is 0 Å². The number of carbonyl (C=O) groups excluding carboxylic acids is 1. The highest BCUT2D eigenvalue weighted by atomic mass is 16.7. The third-order valence-corrected chi connectivity index (χ3v) is 2.05. The van der Waals surface area contributed by atoms with Gasteiger partial charge in [-0.3, -0.25) is 0 Å². The molecule has 0 radical (unpaired) electrons. The second kappa shape index (κ2) is 3.99. The molecule has 0 spiro atoms. The van der Waals surface area contributed by atoms with Crippen LogP contribution < -0.4 is 0 Å². The van der Waals surface area contributed by atoms with Gasteiger partial charge >= 0.3 is 6.16 Å². The van der Waals surface area contributed by atoms with Crippen LogP contribution in [0.3, 0.4) is 0 Å². The van der Waals surface area contributed by atoms with Gasteiger partial charge in [-0.15, -0.1) is 18.9 Å². The molecule has 0 bridgehead atoms. The van der Waals surface area contributed by atoms with Crippen LogP contribution >= 0.6 is 0 Å². The Bertz CT molecular complexity index is 239. The Kier molecular flexibility index (Phi) is 2.97. The minimum atomic E-state index is -0.614. The Labute approximate surface area is 77.7 Å². The molecule has 3 heteroatoms. The lowest BCUT2D eigenvalue weighted by atomic mass is 9.82. The maximum Gasteiger partial charge on any atom is 0.508 e. The summed E-state index contributed by atoms with van der Waals surface area (Å²) in [7, 11) is 0. The summed E-state index contributed by atoms with van der Waals surface area (Å²) in [5.41, 5.74) is -0.260. The van der Waals surface area contributed by atoms with E-state index in [4.69, 9.17) is 15.9 Å². The van der Waals surface area contributed by atoms with Crippen molar-refractivity contribution in [3.8, 4) is 12.3 Å². The maximum absolute atomic E-state index is 10.6. The predicted molar refractivity (Wildman–Crippen MR) is 48.0 cm³/mol. The van der Waals surface area contributed by atoms with Gasteiger partial charge < -0.3 is 9.47 Å². The molecule has 0 aromatic heterocycles. The SMILES string of the molecule is C#CCC1(CC=C)COC(=O)OC1. The third-order valence-electron chi connectivity index (χ3n) is 2.05. The van der Waals surface area contributed by atoms with Gasteiger partial charge in [0.05, 0.1) is 5.41 Å². The highest BCUT2D eigenvalue weighted by Gasteiger charge is 2.35. The first-order valence-corrected chi connectivity index (χ1v) is 4.06. The van der Waals surface area contributed by atoms with Gasteiger partial charge in [-0.1, -0.05) is 6.08 Å². The van der Waals surface area contributed by atoms with Crippen LogP contribution in [0.4, 0.5) is 4.79 Å². The standard InChI is InChI=1S/C10H12O3/c1-3-5-10(6-4-2)7-12-9(11)13-8-10/h1,4H,2,5-8H2. The Morgan fingerprint density at radius 2 is 2.23 bits per heavy atom. The summed E-state index contributed by atoms with van der Waals surface area (Å²) in [4.78, 5) is 10.6. The number of ether oxygens (including phenoxy) is 2. The van der Waals surface area contributed by atoms with Gasteiger partial charge in [0.25, 0.3) is 0 Å². The lowest BCUT2D eigenvalue weighted by molar-refractivity contribution is -0.0565. The summed E-state index contributed by atoms with van der Waals surface area (Å²) in [5.74, 6) is 2.56. The molecular weight excluding hydrogens is 168 g/mol. The lowest BCUT2D eigenvalue weighted by Crippen LogP contribution is -2.38. The van der Waals surface area contributed by atoms with Crippen molar-refractivity contribution in [3.05, 3.63) is 12.7 Å². The molecule has 1 aliphatic heterocycles. The minimum Gasteiger partial charge on any atom is -0.434 e. The van der Waals surface area contributed by atoms with Gasteiger partial charge in [-0.05, 0) is 6.42 Å². The van der Waals surface area contributed by atoms with E-state index in [2.05, 4.69) is 12.5 Å². The fourth-order valence-electron chi connectivity index (χ4n) is 1.32. The van der Waals surface area contributed by atoms with Crippen LogP contribution in [0.2, 0.25) is 0 Å². The molecule has 1 fully saturated rings. The van der Waals surface area contributed by atoms with Crippen LogP contribution in [0.5, 0.6) is 0 Å². The Morgan fingerprint density at radius 3 is 2.69 bits per heavy atom. The first-order chi connectivity index (χ1) is 6.22. The molecule has 0 atom stereocenters. The zero-order valence-corrected chi connectivity index (χ0v) is 7.41. The average Bonchev–Trinajstić information content (AvgIpc) is 2.11. The molecule has 0 saturated carbocycles. The van der Waals surface area contributed by atoms with Gasteiger partial charge in [-0.2, -0.15) is 0 Å². The number of terminal acetylenes is 1. The molecule has 0 aromatic carbocycles. The second-order valence-corrected chi connectivity index (χ2v) is 3.20. The number of carbonyl (C=O) groups is 1. The molecule has 0 aliphatic carbocycles. The summed E-state index contributed by atoms with van der Waals surface area (Å²) in [6.07, 6.45) is 7.61. The molecule has 1 aliphatic rings. The van der Waals surface area contributed by atoms with Crippen LogP contribution in [0, 0.1) is 17.8 Å². The van der Waals surface area contributed by atoms with E-state index < -0.39 is 6.16 Å². The van der Waals surface area contributed by atoms with Gasteiger partial charge in [0.2, 0.25) is 0 Å². The smallest absolute Gasteiger partial charge is 0.434 e. The highest BCUT2D eigenvalue weighted by molar-refractivity contribution is 5.60. The van der Waals surface area contributed by atoms with Gasteiger partial charge in [0.1, 0.15) is 13.2 Å². The monoisotopic (exact) mass is 180 g/mol. The number of allylic oxidation sites excluding steroid dienone is 1. The van der Waals surface area contributed by atoms with Crippen LogP contribution in [0.15, 0.2) is 12.7 Å². The molecule has 0 amide bonds. The summed E-state index contributed by atoms with van der Waals surface area (Å²) in [6, 6.07) is 0. The first kappa shape index (κ1) is 9.66. The van der Waals surface area contributed by atoms with E-state index in [1.807, 2.05) is 0 Å². The zero-order chi connectivity index (χ0) is 9.73. The first-order valence-electron chi connectivity index (χ1n) is 4.06. The zero-order valence-electron chi connectivity index (χ0n) is 7.41. The van der Waals surface area contributed by atoms with E-state index in [9.17, 15) is 4.79 Å². The predicted octanol–water partition coefficient (Wildman–Crippen LogP) is 1.74. The van der Waals surface area contributed by atoms with E-state index in [-0.39, 0.29) is 5.41 Å². The maximum atomic E-state index is 10.6. The van der Waals surface area contributed by atoms with Crippen LogP contribution in [0.25, 0.3) is 0 Å². The molecule has 0 N–H and O–H groups in total. The van der Waals surface area contributed by atoms with E-state index in [0.717, 1.165) is 0 Å². The minimum absolute atomic E-state index is 0.260. The number of rotatable bonds is 3. The Morgan fingerprint density at radius 1 is 1.62 bits per heavy atom. The Balaban J connectivity index is 2.63. The molecular formula is C10H12O3. The molecule has 1 heterocycles. The molecule has 70 valence electrons. The summed E-state index contributed by atoms with van der Waals surface area (Å²) >= 11 is 0. The van der Waals surface area contributed by atoms with E-state index in [1.165, 1.54) is 0 Å². The lowest BCUT2D eigenvalue weighted by Gasteiger charge is -2.33. The van der Waals surface area contributed by atoms with E-state index in [0.29, 0.717) is 26.1 Å². The van der Waals surface area contributed by atoms with Crippen molar-refractivity contribution in [1.82, 2.24) is 0 Å². The van der Waals surface area contributed by atoms with Crippen LogP contribution in [-0.2, 0) is 9.47 Å². The summed E-state index contributed by atoms with van der Waals surface area (Å²) in [6.45, 7) is 4.28. The van der Waals surface area contributed by atoms with Crippen molar-refractivity contribution in [2.75, 3.05) is 13.2 Å². The van der Waals surface area contributed by atoms with Crippen molar-refractivity contribution >= 4 is 6.16 Å². The van der Waals surface area contributed by atoms with E-state index >= 15 is 0 Å². The van der Waals surface area contributed by atoms with Crippen molar-refractivity contribution in [2.24, 2.45) is 5.41 Å². The van der Waals surface area contributed by atoms with E-state index in [1.54, 1.807) is 6.08 Å². The number of hydrogen-bond acceptors (Lipinski definition) is 3. The molecule has 1 saturated heterocycles. The second-order valence-electron chi connectivity index (χ2n) is 3.20. The van der Waals surface area contributed by atoms with Gasteiger partial charge in [0, 0.05) is 6.42 Å². The average molecular weight is 180 g/mol. The quantitative estimate of drug-likeness (QED) is 0.377. The fraction of sp³-hybridized carbons (Fsp3) is 0.500. The van der Waals surface area contributed by atoms with Crippen molar-refractivity contribution < 1.29 is 14.3 Å². The van der Waals surface area contributed by atoms with Crippen LogP contribution in [-0.4, -0.2) is 19.4 Å². The largest absolute Gasteiger partial charge is 0.508 e. The highest BCUT2D eigenvalue weighted by Crippen LogP contribution is 2.30. The van der Waals surface area contributed by atoms with Crippen molar-refractivity contribution in [2.45, 2.75) is 12.8 Å². The fourth-order valence-corrected chi connectivity index (χ4v) is 1.32. The van der Waals surface area contributed by atoms with Crippen LogP contribution in [0.1, 0.15) is 12.8 Å². The van der Waals surface area contributed by atoms with Gasteiger partial charge in [-0.25, -0.2) is 4.79 Å². The third kappa shape index (κ3) is 2.25. The summed E-state index contributed by atoms with van der Waals surface area (Å²) < 4.78 is 9.59. The molecule has 13 heavy (non-hydrogen) atoms. The number of hydrogen-bond donors (Lipinski definition) is 0. The van der Waals surface area contributed by atoms with Crippen molar-refractivity contribution in [1.29, 1.82) is 0 Å². The van der Waals surface area contributed by atoms with Crippen molar-refractivity contribution in [3.63, 3.8) is 0 Å². The Hall–Kier alpha value is -1.43. The number of cyclic esters (lactones) is 2. The summed E-state index contributed by atoms with van der Waals surface area (Å²) in [5, 5.41) is 0.